The zero-order valence-electron chi connectivity index (χ0n) is 12.3. The van der Waals surface area contributed by atoms with Crippen LogP contribution in [0.25, 0.3) is 10.9 Å². The van der Waals surface area contributed by atoms with E-state index in [2.05, 4.69) is 9.71 Å². The van der Waals surface area contributed by atoms with Crippen molar-refractivity contribution in [2.24, 2.45) is 0 Å². The fraction of sp³-hybridized carbons (Fsp3) is 0.125. The van der Waals surface area contributed by atoms with Crippen LogP contribution in [0, 0.1) is 0 Å². The molecule has 0 amide bonds. The quantitative estimate of drug-likeness (QED) is 0.609. The molecule has 0 saturated carbocycles. The second-order valence-corrected chi connectivity index (χ2v) is 8.16. The molecule has 1 aromatic heterocycles. The summed E-state index contributed by atoms with van der Waals surface area (Å²) >= 11 is 17.7. The summed E-state index contributed by atoms with van der Waals surface area (Å²) < 4.78 is 27.3. The van der Waals surface area contributed by atoms with Gasteiger partial charge in [0.1, 0.15) is 4.90 Å². The standard InChI is InChI=1S/C16H13Cl3N2O2S/c17-12-7-14(19)16(8-13(12)18)24(22,23)21-6-5-10-9-20-15-4-2-1-3-11(10)15/h1-4,7-9,20-21H,5-6H2. The number of para-hydroxylation sites is 1. The minimum Gasteiger partial charge on any atom is -0.361 e. The summed E-state index contributed by atoms with van der Waals surface area (Å²) in [5.74, 6) is 0. The highest BCUT2D eigenvalue weighted by molar-refractivity contribution is 7.89. The molecule has 0 saturated heterocycles. The fourth-order valence-corrected chi connectivity index (χ4v) is 4.48. The molecule has 0 atom stereocenters. The third-order valence-corrected chi connectivity index (χ3v) is 6.27. The summed E-state index contributed by atoms with van der Waals surface area (Å²) in [5, 5.41) is 1.45. The molecule has 0 radical (unpaired) electrons. The van der Waals surface area contributed by atoms with E-state index in [1.165, 1.54) is 12.1 Å². The second kappa shape index (κ2) is 6.94. The number of sulfonamides is 1. The van der Waals surface area contributed by atoms with Crippen molar-refractivity contribution in [1.29, 1.82) is 0 Å². The van der Waals surface area contributed by atoms with Crippen LogP contribution in [0.1, 0.15) is 5.56 Å². The summed E-state index contributed by atoms with van der Waals surface area (Å²) in [5.41, 5.74) is 2.05. The van der Waals surface area contributed by atoms with E-state index in [0.717, 1.165) is 16.5 Å². The van der Waals surface area contributed by atoms with E-state index in [4.69, 9.17) is 34.8 Å². The lowest BCUT2D eigenvalue weighted by Crippen LogP contribution is -2.26. The number of H-pyrrole nitrogens is 1. The minimum absolute atomic E-state index is 0.0315. The Balaban J connectivity index is 1.75. The van der Waals surface area contributed by atoms with Crippen LogP contribution in [-0.4, -0.2) is 19.9 Å². The molecule has 2 N–H and O–H groups in total. The van der Waals surface area contributed by atoms with E-state index in [1.54, 1.807) is 0 Å². The highest BCUT2D eigenvalue weighted by Crippen LogP contribution is 2.31. The van der Waals surface area contributed by atoms with Gasteiger partial charge in [0.05, 0.1) is 15.1 Å². The van der Waals surface area contributed by atoms with Crippen LogP contribution in [0.5, 0.6) is 0 Å². The van der Waals surface area contributed by atoms with Gasteiger partial charge in [0.15, 0.2) is 0 Å². The van der Waals surface area contributed by atoms with Crippen LogP contribution in [-0.2, 0) is 16.4 Å². The molecule has 4 nitrogen and oxygen atoms in total. The van der Waals surface area contributed by atoms with E-state index in [-0.39, 0.29) is 26.5 Å². The third kappa shape index (κ3) is 3.55. The molecule has 0 fully saturated rings. The summed E-state index contributed by atoms with van der Waals surface area (Å²) in [7, 11) is -3.77. The zero-order valence-corrected chi connectivity index (χ0v) is 15.4. The Bertz CT molecular complexity index is 1000. The largest absolute Gasteiger partial charge is 0.361 e. The number of benzene rings is 2. The smallest absolute Gasteiger partial charge is 0.242 e. The molecular formula is C16H13Cl3N2O2S. The maximum Gasteiger partial charge on any atom is 0.242 e. The van der Waals surface area contributed by atoms with E-state index >= 15 is 0 Å². The molecule has 0 unspecified atom stereocenters. The molecule has 8 heteroatoms. The first-order valence-corrected chi connectivity index (χ1v) is 9.69. The molecule has 3 aromatic rings. The number of hydrogen-bond acceptors (Lipinski definition) is 2. The summed E-state index contributed by atoms with van der Waals surface area (Å²) in [6, 6.07) is 10.4. The summed E-state index contributed by atoms with van der Waals surface area (Å²) in [4.78, 5) is 3.07. The average Bonchev–Trinajstić information content (AvgIpc) is 2.94. The Kier molecular flexibility index (Phi) is 5.08. The Hall–Kier alpha value is -1.24. The second-order valence-electron chi connectivity index (χ2n) is 5.20. The van der Waals surface area contributed by atoms with Crippen LogP contribution in [0.2, 0.25) is 15.1 Å². The van der Waals surface area contributed by atoms with Gasteiger partial charge in [0.25, 0.3) is 0 Å². The number of aromatic amines is 1. The molecule has 0 bridgehead atoms. The van der Waals surface area contributed by atoms with E-state index < -0.39 is 10.0 Å². The first-order chi connectivity index (χ1) is 11.4. The lowest BCUT2D eigenvalue weighted by atomic mass is 10.1. The number of aromatic nitrogens is 1. The van der Waals surface area contributed by atoms with Crippen LogP contribution in [0.15, 0.2) is 47.5 Å². The number of rotatable bonds is 5. The van der Waals surface area contributed by atoms with Crippen molar-refractivity contribution in [3.8, 4) is 0 Å². The fourth-order valence-electron chi connectivity index (χ4n) is 2.45. The first kappa shape index (κ1) is 17.6. The van der Waals surface area contributed by atoms with Crippen LogP contribution >= 0.6 is 34.8 Å². The first-order valence-electron chi connectivity index (χ1n) is 7.08. The molecule has 0 aliphatic heterocycles. The normalized spacial score (nSPS) is 12.0. The van der Waals surface area contributed by atoms with E-state index in [0.29, 0.717) is 6.42 Å². The topological polar surface area (TPSA) is 62.0 Å². The highest BCUT2D eigenvalue weighted by atomic mass is 35.5. The molecule has 24 heavy (non-hydrogen) atoms. The molecule has 1 heterocycles. The van der Waals surface area contributed by atoms with Crippen LogP contribution in [0.3, 0.4) is 0 Å². The zero-order chi connectivity index (χ0) is 17.3. The molecule has 0 aliphatic carbocycles. The van der Waals surface area contributed by atoms with Gasteiger partial charge in [-0.05, 0) is 30.2 Å². The molecule has 0 aliphatic rings. The van der Waals surface area contributed by atoms with Crippen molar-refractivity contribution < 1.29 is 8.42 Å². The van der Waals surface area contributed by atoms with Crippen molar-refractivity contribution in [3.63, 3.8) is 0 Å². The molecule has 126 valence electrons. The van der Waals surface area contributed by atoms with E-state index in [9.17, 15) is 8.42 Å². The number of nitrogens with one attached hydrogen (secondary N) is 2. The van der Waals surface area contributed by atoms with Gasteiger partial charge in [0.2, 0.25) is 10.0 Å². The van der Waals surface area contributed by atoms with Crippen LogP contribution < -0.4 is 4.72 Å². The third-order valence-electron chi connectivity index (χ3n) is 3.63. The summed E-state index contributed by atoms with van der Waals surface area (Å²) in [6.07, 6.45) is 2.42. The molecule has 2 aromatic carbocycles. The van der Waals surface area contributed by atoms with Crippen molar-refractivity contribution in [2.45, 2.75) is 11.3 Å². The average molecular weight is 404 g/mol. The number of hydrogen-bond donors (Lipinski definition) is 2. The van der Waals surface area contributed by atoms with E-state index in [1.807, 2.05) is 30.5 Å². The van der Waals surface area contributed by atoms with Gasteiger partial charge >= 0.3 is 0 Å². The van der Waals surface area contributed by atoms with Gasteiger partial charge in [-0.1, -0.05) is 53.0 Å². The Labute approximate surface area is 154 Å². The van der Waals surface area contributed by atoms with Gasteiger partial charge < -0.3 is 4.98 Å². The lowest BCUT2D eigenvalue weighted by molar-refractivity contribution is 0.582. The Morgan fingerprint density at radius 2 is 1.71 bits per heavy atom. The maximum absolute atomic E-state index is 12.4. The van der Waals surface area contributed by atoms with Crippen molar-refractivity contribution in [2.75, 3.05) is 6.54 Å². The Morgan fingerprint density at radius 3 is 2.50 bits per heavy atom. The van der Waals surface area contributed by atoms with Crippen molar-refractivity contribution >= 4 is 55.7 Å². The molecular weight excluding hydrogens is 391 g/mol. The lowest BCUT2D eigenvalue weighted by Gasteiger charge is -2.09. The van der Waals surface area contributed by atoms with Gasteiger partial charge in [-0.3, -0.25) is 0 Å². The Morgan fingerprint density at radius 1 is 1.00 bits per heavy atom. The predicted octanol–water partition coefficient (Wildman–Crippen LogP) is 4.65. The van der Waals surface area contributed by atoms with Crippen molar-refractivity contribution in [3.05, 3.63) is 63.2 Å². The number of halogens is 3. The monoisotopic (exact) mass is 402 g/mol. The highest BCUT2D eigenvalue weighted by Gasteiger charge is 2.19. The summed E-state index contributed by atoms with van der Waals surface area (Å²) in [6.45, 7) is 0.237. The maximum atomic E-state index is 12.4. The molecule has 0 spiro atoms. The van der Waals surface area contributed by atoms with Gasteiger partial charge in [0, 0.05) is 23.6 Å². The number of fused-ring (bicyclic) bond motifs is 1. The van der Waals surface area contributed by atoms with Crippen LogP contribution in [0.4, 0.5) is 0 Å². The van der Waals surface area contributed by atoms with Gasteiger partial charge in [-0.15, -0.1) is 0 Å². The minimum atomic E-state index is -3.77. The molecule has 3 rings (SSSR count). The van der Waals surface area contributed by atoms with Gasteiger partial charge in [-0.2, -0.15) is 0 Å². The van der Waals surface area contributed by atoms with Gasteiger partial charge in [-0.25, -0.2) is 13.1 Å². The predicted molar refractivity (Wildman–Crippen MR) is 98.7 cm³/mol. The van der Waals surface area contributed by atoms with Crippen molar-refractivity contribution in [1.82, 2.24) is 9.71 Å². The SMILES string of the molecule is O=S(=O)(NCCc1c[nH]c2ccccc12)c1cc(Cl)c(Cl)cc1Cl.